The van der Waals surface area contributed by atoms with Crippen LogP contribution in [0.3, 0.4) is 0 Å². The number of nitrogens with zero attached hydrogens (tertiary/aromatic N) is 2. The third-order valence-corrected chi connectivity index (χ3v) is 9.26. The van der Waals surface area contributed by atoms with E-state index in [0.717, 1.165) is 36.5 Å². The van der Waals surface area contributed by atoms with Crippen LogP contribution in [0.2, 0.25) is 0 Å². The standard InChI is InChI=1S/C28H40FN3O2/c1-19(12-27(34)32-9-7-31(8-10-32)25-5-3-24(29)4-6-25)11-26(33)30-20(2)28-16-21-13-22(17-28)15-23(14-21)18-28/h3-6,19-23H,7-18H2,1-2H3,(H,30,33)/t19-,20+,21?,22?,23?,28?/m0/s1. The fourth-order valence-corrected chi connectivity index (χ4v) is 7.84. The molecule has 34 heavy (non-hydrogen) atoms. The molecule has 5 aliphatic rings. The minimum Gasteiger partial charge on any atom is -0.368 e. The van der Waals surface area contributed by atoms with Crippen molar-refractivity contribution < 1.29 is 14.0 Å². The molecular weight excluding hydrogens is 429 g/mol. The first-order valence-corrected chi connectivity index (χ1v) is 13.4. The molecule has 2 atom stereocenters. The maximum Gasteiger partial charge on any atom is 0.222 e. The topological polar surface area (TPSA) is 52.7 Å². The summed E-state index contributed by atoms with van der Waals surface area (Å²) in [6.45, 7) is 7.06. The van der Waals surface area contributed by atoms with E-state index in [1.54, 1.807) is 12.1 Å². The lowest BCUT2D eigenvalue weighted by molar-refractivity contribution is -0.133. The maximum absolute atomic E-state index is 13.2. The summed E-state index contributed by atoms with van der Waals surface area (Å²) in [6.07, 6.45) is 8.94. The highest BCUT2D eigenvalue weighted by molar-refractivity contribution is 5.80. The van der Waals surface area contributed by atoms with E-state index in [2.05, 4.69) is 17.1 Å². The molecule has 4 aliphatic carbocycles. The highest BCUT2D eigenvalue weighted by atomic mass is 19.1. The van der Waals surface area contributed by atoms with Gasteiger partial charge in [0.05, 0.1) is 0 Å². The van der Waals surface area contributed by atoms with Gasteiger partial charge in [-0.15, -0.1) is 0 Å². The number of hydrogen-bond donors (Lipinski definition) is 1. The van der Waals surface area contributed by atoms with Gasteiger partial charge in [0.15, 0.2) is 0 Å². The average molecular weight is 470 g/mol. The van der Waals surface area contributed by atoms with Crippen LogP contribution in [-0.2, 0) is 9.59 Å². The first kappa shape index (κ1) is 23.6. The molecule has 2 amide bonds. The molecule has 186 valence electrons. The van der Waals surface area contributed by atoms with Crippen molar-refractivity contribution in [1.82, 2.24) is 10.2 Å². The molecule has 0 unspecified atom stereocenters. The van der Waals surface area contributed by atoms with Crippen LogP contribution in [0, 0.1) is 34.9 Å². The predicted molar refractivity (Wildman–Crippen MR) is 132 cm³/mol. The van der Waals surface area contributed by atoms with Gasteiger partial charge in [0.2, 0.25) is 11.8 Å². The van der Waals surface area contributed by atoms with Crippen molar-refractivity contribution >= 4 is 17.5 Å². The number of hydrogen-bond acceptors (Lipinski definition) is 3. The summed E-state index contributed by atoms with van der Waals surface area (Å²) < 4.78 is 13.2. The van der Waals surface area contributed by atoms with E-state index in [4.69, 9.17) is 0 Å². The van der Waals surface area contributed by atoms with Crippen LogP contribution in [0.1, 0.15) is 65.2 Å². The molecule has 6 rings (SSSR count). The lowest BCUT2D eigenvalue weighted by Gasteiger charge is -2.59. The number of anilines is 1. The Morgan fingerprint density at radius 3 is 2.06 bits per heavy atom. The van der Waals surface area contributed by atoms with Gasteiger partial charge in [0, 0.05) is 50.7 Å². The number of amides is 2. The van der Waals surface area contributed by atoms with E-state index >= 15 is 0 Å². The first-order chi connectivity index (χ1) is 16.3. The Bertz CT molecular complexity index is 858. The van der Waals surface area contributed by atoms with E-state index in [1.807, 2.05) is 11.8 Å². The van der Waals surface area contributed by atoms with Crippen LogP contribution >= 0.6 is 0 Å². The van der Waals surface area contributed by atoms with Gasteiger partial charge in [-0.1, -0.05) is 6.92 Å². The summed E-state index contributed by atoms with van der Waals surface area (Å²) >= 11 is 0. The van der Waals surface area contributed by atoms with Gasteiger partial charge in [0.1, 0.15) is 5.82 Å². The Labute approximate surface area is 203 Å². The lowest BCUT2D eigenvalue weighted by atomic mass is 9.48. The van der Waals surface area contributed by atoms with Gasteiger partial charge >= 0.3 is 0 Å². The molecule has 0 radical (unpaired) electrons. The van der Waals surface area contributed by atoms with Gasteiger partial charge < -0.3 is 15.1 Å². The molecule has 5 fully saturated rings. The zero-order chi connectivity index (χ0) is 23.9. The van der Waals surface area contributed by atoms with Crippen molar-refractivity contribution in [3.63, 3.8) is 0 Å². The van der Waals surface area contributed by atoms with Crippen molar-refractivity contribution in [2.45, 2.75) is 71.3 Å². The Hall–Kier alpha value is -2.11. The van der Waals surface area contributed by atoms with Crippen LogP contribution in [0.15, 0.2) is 24.3 Å². The molecular formula is C28H40FN3O2. The Balaban J connectivity index is 1.06. The largest absolute Gasteiger partial charge is 0.368 e. The van der Waals surface area contributed by atoms with Crippen molar-refractivity contribution in [2.24, 2.45) is 29.1 Å². The maximum atomic E-state index is 13.2. The fourth-order valence-electron chi connectivity index (χ4n) is 7.84. The van der Waals surface area contributed by atoms with E-state index in [9.17, 15) is 14.0 Å². The fraction of sp³-hybridized carbons (Fsp3) is 0.714. The third-order valence-electron chi connectivity index (χ3n) is 9.26. The van der Waals surface area contributed by atoms with Gasteiger partial charge in [0.25, 0.3) is 0 Å². The highest BCUT2D eigenvalue weighted by Crippen LogP contribution is 2.61. The van der Waals surface area contributed by atoms with Crippen LogP contribution in [-0.4, -0.2) is 48.9 Å². The number of nitrogens with one attached hydrogen (secondary N) is 1. The molecule has 0 aromatic heterocycles. The zero-order valence-electron chi connectivity index (χ0n) is 20.8. The van der Waals surface area contributed by atoms with Gasteiger partial charge in [-0.25, -0.2) is 4.39 Å². The monoisotopic (exact) mass is 469 g/mol. The number of benzene rings is 1. The summed E-state index contributed by atoms with van der Waals surface area (Å²) in [6, 6.07) is 6.76. The summed E-state index contributed by atoms with van der Waals surface area (Å²) in [5, 5.41) is 3.35. The quantitative estimate of drug-likeness (QED) is 0.634. The second-order valence-electron chi connectivity index (χ2n) is 11.9. The Morgan fingerprint density at radius 1 is 0.941 bits per heavy atom. The molecule has 5 nitrogen and oxygen atoms in total. The summed E-state index contributed by atoms with van der Waals surface area (Å²) in [5.41, 5.74) is 1.31. The SMILES string of the molecule is C[C@@H](CC(=O)N[C@H](C)C12CC3CC(CC(C3)C1)C2)CC(=O)N1CCN(c2ccc(F)cc2)CC1. The van der Waals surface area contributed by atoms with Crippen LogP contribution in [0.5, 0.6) is 0 Å². The molecule has 1 aliphatic heterocycles. The molecule has 1 saturated heterocycles. The Morgan fingerprint density at radius 2 is 1.50 bits per heavy atom. The lowest BCUT2D eigenvalue weighted by Crippen LogP contribution is -2.56. The number of piperazine rings is 1. The van der Waals surface area contributed by atoms with Crippen LogP contribution < -0.4 is 10.2 Å². The zero-order valence-corrected chi connectivity index (χ0v) is 20.8. The smallest absolute Gasteiger partial charge is 0.222 e. The van der Waals surface area contributed by atoms with E-state index in [0.29, 0.717) is 31.3 Å². The highest BCUT2D eigenvalue weighted by Gasteiger charge is 2.53. The van der Waals surface area contributed by atoms with Gasteiger partial charge in [-0.2, -0.15) is 0 Å². The molecule has 1 aromatic rings. The molecule has 4 bridgehead atoms. The predicted octanol–water partition coefficient (Wildman–Crippen LogP) is 4.61. The second kappa shape index (κ2) is 9.50. The average Bonchev–Trinajstić information content (AvgIpc) is 2.78. The van der Waals surface area contributed by atoms with Gasteiger partial charge in [-0.05, 0) is 98.8 Å². The minimum absolute atomic E-state index is 0.0335. The van der Waals surface area contributed by atoms with Crippen LogP contribution in [0.4, 0.5) is 10.1 Å². The Kier molecular flexibility index (Phi) is 6.60. The first-order valence-electron chi connectivity index (χ1n) is 13.4. The molecule has 1 N–H and O–H groups in total. The third kappa shape index (κ3) is 4.96. The van der Waals surface area contributed by atoms with Crippen LogP contribution in [0.25, 0.3) is 0 Å². The van der Waals surface area contributed by atoms with Crippen molar-refractivity contribution in [2.75, 3.05) is 31.1 Å². The van der Waals surface area contributed by atoms with E-state index in [1.165, 1.54) is 50.7 Å². The van der Waals surface area contributed by atoms with Crippen molar-refractivity contribution in [1.29, 1.82) is 0 Å². The molecule has 1 aromatic carbocycles. The molecule has 4 saturated carbocycles. The summed E-state index contributed by atoms with van der Waals surface area (Å²) in [5.74, 6) is 2.67. The number of rotatable bonds is 7. The number of halogens is 1. The number of carbonyl (C=O) groups excluding carboxylic acids is 2. The van der Waals surface area contributed by atoms with Crippen molar-refractivity contribution in [3.05, 3.63) is 30.1 Å². The van der Waals surface area contributed by atoms with E-state index in [-0.39, 0.29) is 29.6 Å². The molecule has 6 heteroatoms. The summed E-state index contributed by atoms with van der Waals surface area (Å²) in [4.78, 5) is 29.8. The van der Waals surface area contributed by atoms with Crippen molar-refractivity contribution in [3.8, 4) is 0 Å². The number of carbonyl (C=O) groups is 2. The second-order valence-corrected chi connectivity index (χ2v) is 11.9. The summed E-state index contributed by atoms with van der Waals surface area (Å²) in [7, 11) is 0. The molecule has 0 spiro atoms. The normalized spacial score (nSPS) is 31.9. The molecule has 1 heterocycles. The van der Waals surface area contributed by atoms with Gasteiger partial charge in [-0.3, -0.25) is 9.59 Å². The van der Waals surface area contributed by atoms with E-state index < -0.39 is 0 Å². The minimum atomic E-state index is -0.233.